The van der Waals surface area contributed by atoms with E-state index in [9.17, 15) is 15.3 Å². The fourth-order valence-corrected chi connectivity index (χ4v) is 3.70. The highest BCUT2D eigenvalue weighted by Crippen LogP contribution is 2.43. The zero-order valence-corrected chi connectivity index (χ0v) is 15.6. The van der Waals surface area contributed by atoms with Gasteiger partial charge in [0.2, 0.25) is 0 Å². The smallest absolute Gasteiger partial charge is 0.0892 e. The second kappa shape index (κ2) is 7.28. The zero-order valence-electron chi connectivity index (χ0n) is 15.6. The van der Waals surface area contributed by atoms with E-state index in [1.54, 1.807) is 0 Å². The lowest BCUT2D eigenvalue weighted by atomic mass is 9.75. The first kappa shape index (κ1) is 19.6. The Kier molecular flexibility index (Phi) is 5.96. The summed E-state index contributed by atoms with van der Waals surface area (Å²) in [6, 6.07) is 0. The molecule has 4 atom stereocenters. The van der Waals surface area contributed by atoms with Crippen molar-refractivity contribution in [2.24, 2.45) is 5.92 Å². The van der Waals surface area contributed by atoms with Crippen molar-refractivity contribution in [3.05, 3.63) is 23.8 Å². The van der Waals surface area contributed by atoms with Crippen molar-refractivity contribution in [2.45, 2.75) is 89.1 Å². The van der Waals surface area contributed by atoms with E-state index in [1.165, 1.54) is 0 Å². The number of hydrogen-bond donors (Lipinski definition) is 3. The fourth-order valence-electron chi connectivity index (χ4n) is 3.70. The summed E-state index contributed by atoms with van der Waals surface area (Å²) in [5.41, 5.74) is -1.27. The third-order valence-electron chi connectivity index (χ3n) is 5.79. The second-order valence-electron chi connectivity index (χ2n) is 8.36. The minimum atomic E-state index is -0.906. The molecular weight excluding hydrogens is 304 g/mol. The van der Waals surface area contributed by atoms with Gasteiger partial charge in [-0.15, -0.1) is 0 Å². The molecule has 1 fully saturated rings. The van der Waals surface area contributed by atoms with E-state index in [2.05, 4.69) is 13.8 Å². The highest BCUT2D eigenvalue weighted by Gasteiger charge is 2.47. The topological polar surface area (TPSA) is 69.9 Å². The maximum Gasteiger partial charge on any atom is 0.0892 e. The molecule has 1 saturated heterocycles. The van der Waals surface area contributed by atoms with Gasteiger partial charge in [-0.3, -0.25) is 0 Å². The van der Waals surface area contributed by atoms with Gasteiger partial charge in [-0.1, -0.05) is 32.1 Å². The molecule has 0 saturated carbocycles. The van der Waals surface area contributed by atoms with Gasteiger partial charge in [0.1, 0.15) is 0 Å². The van der Waals surface area contributed by atoms with Crippen molar-refractivity contribution in [3.63, 3.8) is 0 Å². The number of rotatable bonds is 2. The van der Waals surface area contributed by atoms with Crippen molar-refractivity contribution < 1.29 is 20.1 Å². The van der Waals surface area contributed by atoms with E-state index in [1.807, 2.05) is 32.1 Å². The van der Waals surface area contributed by atoms with Crippen molar-refractivity contribution in [1.29, 1.82) is 0 Å². The third kappa shape index (κ3) is 4.48. The van der Waals surface area contributed by atoms with Gasteiger partial charge in [0.05, 0.1) is 29.5 Å². The molecule has 3 N–H and O–H groups in total. The number of allylic oxidation sites excluding steroid dienone is 1. The lowest BCUT2D eigenvalue weighted by Gasteiger charge is -2.49. The molecule has 0 amide bonds. The van der Waals surface area contributed by atoms with Crippen LogP contribution in [-0.4, -0.2) is 44.8 Å². The Hall–Kier alpha value is -0.680. The molecule has 4 heteroatoms. The Morgan fingerprint density at radius 1 is 1.17 bits per heavy atom. The van der Waals surface area contributed by atoms with Gasteiger partial charge in [-0.2, -0.15) is 0 Å². The number of hydrogen-bond acceptors (Lipinski definition) is 4. The SMILES string of the molecule is CC(C)[C@]12/C=C/[C@@](C)(O)CC/C=C(\CO)CC[C@@H](O1)[C@@](C)(O)CC2. The van der Waals surface area contributed by atoms with Crippen LogP contribution < -0.4 is 0 Å². The molecule has 2 bridgehead atoms. The summed E-state index contributed by atoms with van der Waals surface area (Å²) in [5, 5.41) is 31.0. The maximum absolute atomic E-state index is 10.8. The number of fused-ring (bicyclic) bond motifs is 2. The Bertz CT molecular complexity index is 490. The van der Waals surface area contributed by atoms with Gasteiger partial charge in [-0.05, 0) is 63.9 Å². The average molecular weight is 338 g/mol. The molecule has 138 valence electrons. The Balaban J connectivity index is 2.38. The zero-order chi connectivity index (χ0) is 18.0. The summed E-state index contributed by atoms with van der Waals surface area (Å²) in [4.78, 5) is 0. The third-order valence-corrected chi connectivity index (χ3v) is 5.79. The van der Waals surface area contributed by atoms with Gasteiger partial charge in [0.15, 0.2) is 0 Å². The molecule has 2 rings (SSSR count). The molecule has 0 aromatic rings. The van der Waals surface area contributed by atoms with Crippen LogP contribution >= 0.6 is 0 Å². The van der Waals surface area contributed by atoms with E-state index in [0.29, 0.717) is 25.7 Å². The van der Waals surface area contributed by atoms with Crippen molar-refractivity contribution in [3.8, 4) is 0 Å². The molecule has 0 aromatic heterocycles. The number of ether oxygens (including phenoxy) is 1. The lowest BCUT2D eigenvalue weighted by molar-refractivity contribution is -0.210. The van der Waals surface area contributed by atoms with Crippen LogP contribution in [0.3, 0.4) is 0 Å². The maximum atomic E-state index is 10.8. The largest absolute Gasteiger partial charge is 0.392 e. The minimum absolute atomic E-state index is 0.0160. The van der Waals surface area contributed by atoms with E-state index >= 15 is 0 Å². The molecule has 0 spiro atoms. The molecule has 0 unspecified atom stereocenters. The summed E-state index contributed by atoms with van der Waals surface area (Å²) in [5.74, 6) is 0.249. The minimum Gasteiger partial charge on any atom is -0.392 e. The summed E-state index contributed by atoms with van der Waals surface area (Å²) < 4.78 is 6.45. The quantitative estimate of drug-likeness (QED) is 0.677. The van der Waals surface area contributed by atoms with Crippen LogP contribution in [0.2, 0.25) is 0 Å². The predicted molar refractivity (Wildman–Crippen MR) is 95.7 cm³/mol. The molecule has 0 radical (unpaired) electrons. The number of aliphatic hydroxyl groups excluding tert-OH is 1. The molecule has 2 aliphatic heterocycles. The molecule has 0 aliphatic carbocycles. The molecule has 24 heavy (non-hydrogen) atoms. The van der Waals surface area contributed by atoms with Gasteiger partial charge in [0.25, 0.3) is 0 Å². The van der Waals surface area contributed by atoms with E-state index < -0.39 is 16.8 Å². The van der Waals surface area contributed by atoms with Crippen LogP contribution in [0.4, 0.5) is 0 Å². The monoisotopic (exact) mass is 338 g/mol. The van der Waals surface area contributed by atoms with Crippen LogP contribution in [0, 0.1) is 5.92 Å². The van der Waals surface area contributed by atoms with Crippen molar-refractivity contribution in [1.82, 2.24) is 0 Å². The van der Waals surface area contributed by atoms with Gasteiger partial charge >= 0.3 is 0 Å². The Labute approximate surface area is 146 Å². The standard InChI is InChI=1S/C20H34O4/c1-15(2)20-12-10-18(3,22)9-5-6-16(14-21)7-8-17(24-20)19(4,23)11-13-20/h6,10,12,15,17,21-23H,5,7-9,11,13-14H2,1-4H3/b12-10+,16-6-/t17-,18+,19+,20-/m1/s1. The summed E-state index contributed by atoms with van der Waals surface area (Å²) in [6.45, 7) is 7.92. The van der Waals surface area contributed by atoms with Crippen LogP contribution in [0.25, 0.3) is 0 Å². The molecular formula is C20H34O4. The van der Waals surface area contributed by atoms with Gasteiger partial charge in [-0.25, -0.2) is 0 Å². The van der Waals surface area contributed by atoms with Crippen LogP contribution in [0.15, 0.2) is 23.8 Å². The summed E-state index contributed by atoms with van der Waals surface area (Å²) >= 11 is 0. The van der Waals surface area contributed by atoms with Gasteiger partial charge < -0.3 is 20.1 Å². The van der Waals surface area contributed by atoms with Crippen molar-refractivity contribution in [2.75, 3.05) is 6.61 Å². The first-order valence-corrected chi connectivity index (χ1v) is 9.22. The first-order chi connectivity index (χ1) is 11.1. The van der Waals surface area contributed by atoms with Gasteiger partial charge in [0, 0.05) is 0 Å². The summed E-state index contributed by atoms with van der Waals surface area (Å²) in [6.07, 6.45) is 9.76. The summed E-state index contributed by atoms with van der Waals surface area (Å²) in [7, 11) is 0. The van der Waals surface area contributed by atoms with E-state index in [-0.39, 0.29) is 18.6 Å². The van der Waals surface area contributed by atoms with Crippen LogP contribution in [0.1, 0.15) is 66.2 Å². The van der Waals surface area contributed by atoms with Crippen LogP contribution in [-0.2, 0) is 4.74 Å². The lowest BCUT2D eigenvalue weighted by Crippen LogP contribution is -2.55. The Morgan fingerprint density at radius 3 is 2.50 bits per heavy atom. The predicted octanol–water partition coefficient (Wildman–Crippen LogP) is 3.11. The molecule has 4 nitrogen and oxygen atoms in total. The highest BCUT2D eigenvalue weighted by molar-refractivity contribution is 5.15. The number of aliphatic hydroxyl groups is 3. The van der Waals surface area contributed by atoms with E-state index in [4.69, 9.17) is 4.74 Å². The Morgan fingerprint density at radius 2 is 1.88 bits per heavy atom. The average Bonchev–Trinajstić information content (AvgIpc) is 2.49. The molecule has 0 aromatic carbocycles. The highest BCUT2D eigenvalue weighted by atomic mass is 16.5. The fraction of sp³-hybridized carbons (Fsp3) is 0.800. The molecule has 2 heterocycles. The first-order valence-electron chi connectivity index (χ1n) is 9.22. The van der Waals surface area contributed by atoms with E-state index in [0.717, 1.165) is 18.4 Å². The van der Waals surface area contributed by atoms with Crippen molar-refractivity contribution >= 4 is 0 Å². The molecule has 2 aliphatic rings. The normalized spacial score (nSPS) is 45.0. The van der Waals surface area contributed by atoms with Crippen LogP contribution in [0.5, 0.6) is 0 Å². The second-order valence-corrected chi connectivity index (χ2v) is 8.36.